The summed E-state index contributed by atoms with van der Waals surface area (Å²) in [5, 5.41) is 2.67. The highest BCUT2D eigenvalue weighted by atomic mass is 28.3. The van der Waals surface area contributed by atoms with Crippen molar-refractivity contribution in [3.05, 3.63) is 0 Å². The van der Waals surface area contributed by atoms with Gasteiger partial charge in [0.2, 0.25) is 0 Å². The third kappa shape index (κ3) is 7.02. The Bertz CT molecular complexity index is 436. The Hall–Kier alpha value is -1.57. The lowest BCUT2D eigenvalue weighted by molar-refractivity contribution is -0.111. The highest BCUT2D eigenvalue weighted by Crippen LogP contribution is 2.19. The van der Waals surface area contributed by atoms with Crippen molar-refractivity contribution in [2.45, 2.75) is 51.6 Å². The quantitative estimate of drug-likeness (QED) is 0.605. The molecule has 0 aromatic heterocycles. The fraction of sp³-hybridized carbons (Fsp3) is 0.800. The molecule has 2 atom stereocenters. The molecular weight excluding hydrogens is 316 g/mol. The van der Waals surface area contributed by atoms with Crippen molar-refractivity contribution in [3.63, 3.8) is 0 Å². The molecule has 23 heavy (non-hydrogen) atoms. The standard InChI is InChI=1S/C15H28N2O5Si/c1-15(2,3)22-14(20)17-8-11(10-18)12(9-17)16-13(19)21-6-7-23(4)5/h10-12,23H,6-9H2,1-5H3,(H,16,19). The van der Waals surface area contributed by atoms with E-state index in [0.717, 1.165) is 12.3 Å². The molecule has 8 heteroatoms. The van der Waals surface area contributed by atoms with E-state index in [9.17, 15) is 14.4 Å². The number of nitrogens with zero attached hydrogens (tertiary/aromatic N) is 1. The number of carbonyl (C=O) groups excluding carboxylic acids is 3. The first-order chi connectivity index (χ1) is 10.6. The number of likely N-dealkylation sites (tertiary alicyclic amines) is 1. The molecule has 7 nitrogen and oxygen atoms in total. The monoisotopic (exact) mass is 344 g/mol. The smallest absolute Gasteiger partial charge is 0.410 e. The number of carbonyl (C=O) groups is 3. The molecule has 0 aromatic rings. The lowest BCUT2D eigenvalue weighted by Gasteiger charge is -2.24. The number of nitrogens with one attached hydrogen (secondary N) is 1. The number of ether oxygens (including phenoxy) is 2. The van der Waals surface area contributed by atoms with Crippen LogP contribution < -0.4 is 5.32 Å². The van der Waals surface area contributed by atoms with E-state index >= 15 is 0 Å². The fourth-order valence-electron chi connectivity index (χ4n) is 2.18. The van der Waals surface area contributed by atoms with Crippen LogP contribution in [0.3, 0.4) is 0 Å². The third-order valence-corrected chi connectivity index (χ3v) is 4.81. The average Bonchev–Trinajstić information content (AvgIpc) is 2.79. The molecule has 2 unspecified atom stereocenters. The van der Waals surface area contributed by atoms with E-state index < -0.39 is 38.5 Å². The Kier molecular flexibility index (Phi) is 7.05. The summed E-state index contributed by atoms with van der Waals surface area (Å²) < 4.78 is 10.4. The summed E-state index contributed by atoms with van der Waals surface area (Å²) in [5.74, 6) is -0.449. The zero-order valence-corrected chi connectivity index (χ0v) is 15.8. The molecular formula is C15H28N2O5Si. The van der Waals surface area contributed by atoms with E-state index in [1.165, 1.54) is 4.90 Å². The highest BCUT2D eigenvalue weighted by Gasteiger charge is 2.38. The Morgan fingerprint density at radius 3 is 2.48 bits per heavy atom. The molecule has 1 N–H and O–H groups in total. The molecule has 0 bridgehead atoms. The Balaban J connectivity index is 2.51. The van der Waals surface area contributed by atoms with E-state index in [1.54, 1.807) is 20.8 Å². The van der Waals surface area contributed by atoms with Gasteiger partial charge in [-0.15, -0.1) is 0 Å². The van der Waals surface area contributed by atoms with E-state index in [2.05, 4.69) is 18.4 Å². The van der Waals surface area contributed by atoms with Crippen molar-refractivity contribution in [2.75, 3.05) is 19.7 Å². The van der Waals surface area contributed by atoms with Crippen LogP contribution >= 0.6 is 0 Å². The number of amides is 2. The van der Waals surface area contributed by atoms with Gasteiger partial charge in [-0.2, -0.15) is 0 Å². The van der Waals surface area contributed by atoms with Crippen molar-refractivity contribution in [1.82, 2.24) is 10.2 Å². The molecule has 1 fully saturated rings. The number of rotatable bonds is 5. The number of hydrogen-bond donors (Lipinski definition) is 1. The van der Waals surface area contributed by atoms with Gasteiger partial charge >= 0.3 is 12.2 Å². The van der Waals surface area contributed by atoms with E-state index in [4.69, 9.17) is 9.47 Å². The van der Waals surface area contributed by atoms with Crippen molar-refractivity contribution in [2.24, 2.45) is 5.92 Å². The molecule has 1 heterocycles. The van der Waals surface area contributed by atoms with Crippen LogP contribution in [0.2, 0.25) is 19.1 Å². The molecule has 0 saturated carbocycles. The minimum Gasteiger partial charge on any atom is -0.450 e. The van der Waals surface area contributed by atoms with E-state index in [-0.39, 0.29) is 13.1 Å². The van der Waals surface area contributed by atoms with Gasteiger partial charge in [0.25, 0.3) is 0 Å². The van der Waals surface area contributed by atoms with Crippen LogP contribution in [-0.2, 0) is 14.3 Å². The molecule has 0 radical (unpaired) electrons. The molecule has 1 aliphatic heterocycles. The van der Waals surface area contributed by atoms with E-state index in [1.807, 2.05) is 0 Å². The number of aldehydes is 1. The normalized spacial score (nSPS) is 21.2. The Morgan fingerprint density at radius 1 is 1.30 bits per heavy atom. The zero-order valence-electron chi connectivity index (χ0n) is 14.6. The minimum atomic E-state index is -0.761. The van der Waals surface area contributed by atoms with Crippen LogP contribution in [-0.4, -0.2) is 63.5 Å². The second kappa shape index (κ2) is 8.33. The summed E-state index contributed by atoms with van der Waals surface area (Å²) in [4.78, 5) is 36.5. The lowest BCUT2D eigenvalue weighted by Crippen LogP contribution is -2.42. The topological polar surface area (TPSA) is 84.9 Å². The molecule has 1 rings (SSSR count). The summed E-state index contributed by atoms with van der Waals surface area (Å²) in [6.45, 7) is 10.6. The van der Waals surface area contributed by atoms with Gasteiger partial charge in [0, 0.05) is 21.9 Å². The van der Waals surface area contributed by atoms with Crippen LogP contribution in [0.15, 0.2) is 0 Å². The largest absolute Gasteiger partial charge is 0.450 e. The van der Waals surface area contributed by atoms with Crippen LogP contribution in [0.25, 0.3) is 0 Å². The summed E-state index contributed by atoms with van der Waals surface area (Å²) in [6.07, 6.45) is -0.258. The highest BCUT2D eigenvalue weighted by molar-refractivity contribution is 6.55. The SMILES string of the molecule is C[SiH](C)CCOC(=O)NC1CN(C(=O)OC(C)(C)C)CC1C=O. The lowest BCUT2D eigenvalue weighted by atomic mass is 10.1. The first-order valence-electron chi connectivity index (χ1n) is 7.99. The van der Waals surface area contributed by atoms with Crippen molar-refractivity contribution in [1.29, 1.82) is 0 Å². The van der Waals surface area contributed by atoms with Gasteiger partial charge in [0.15, 0.2) is 0 Å². The average molecular weight is 344 g/mol. The molecule has 0 aliphatic carbocycles. The zero-order chi connectivity index (χ0) is 17.6. The first-order valence-corrected chi connectivity index (χ1v) is 11.1. The van der Waals surface area contributed by atoms with Gasteiger partial charge in [-0.3, -0.25) is 0 Å². The maximum atomic E-state index is 12.0. The maximum absolute atomic E-state index is 12.0. The predicted octanol–water partition coefficient (Wildman–Crippen LogP) is 1.63. The molecule has 132 valence electrons. The Morgan fingerprint density at radius 2 is 1.96 bits per heavy atom. The van der Waals surface area contributed by atoms with E-state index in [0.29, 0.717) is 6.61 Å². The summed E-state index contributed by atoms with van der Waals surface area (Å²) in [6, 6.07) is 0.475. The number of alkyl carbamates (subject to hydrolysis) is 1. The van der Waals surface area contributed by atoms with Crippen LogP contribution in [0.4, 0.5) is 9.59 Å². The fourth-order valence-corrected chi connectivity index (χ4v) is 2.76. The Labute approximate surface area is 139 Å². The van der Waals surface area contributed by atoms with Crippen LogP contribution in [0.5, 0.6) is 0 Å². The molecule has 0 spiro atoms. The second-order valence-corrected chi connectivity index (χ2v) is 10.6. The van der Waals surface area contributed by atoms with Gasteiger partial charge in [-0.05, 0) is 26.8 Å². The minimum absolute atomic E-state index is 0.238. The first kappa shape index (κ1) is 19.5. The van der Waals surface area contributed by atoms with Gasteiger partial charge in [0.1, 0.15) is 11.9 Å². The number of hydrogen-bond acceptors (Lipinski definition) is 5. The maximum Gasteiger partial charge on any atom is 0.410 e. The van der Waals surface area contributed by atoms with Gasteiger partial charge in [-0.1, -0.05) is 13.1 Å². The second-order valence-electron chi connectivity index (χ2n) is 7.25. The summed E-state index contributed by atoms with van der Waals surface area (Å²) >= 11 is 0. The summed E-state index contributed by atoms with van der Waals surface area (Å²) in [5.41, 5.74) is -0.598. The molecule has 0 aromatic carbocycles. The molecule has 2 amide bonds. The van der Waals surface area contributed by atoms with Crippen LogP contribution in [0.1, 0.15) is 20.8 Å². The third-order valence-electron chi connectivity index (χ3n) is 3.42. The van der Waals surface area contributed by atoms with Gasteiger partial charge in [0.05, 0.1) is 18.6 Å². The molecule has 1 saturated heterocycles. The van der Waals surface area contributed by atoms with Gasteiger partial charge < -0.3 is 24.5 Å². The summed E-state index contributed by atoms with van der Waals surface area (Å²) in [7, 11) is -0.761. The van der Waals surface area contributed by atoms with Crippen LogP contribution in [0, 0.1) is 5.92 Å². The van der Waals surface area contributed by atoms with Crippen molar-refractivity contribution < 1.29 is 23.9 Å². The van der Waals surface area contributed by atoms with Crippen molar-refractivity contribution in [3.8, 4) is 0 Å². The molecule has 1 aliphatic rings. The van der Waals surface area contributed by atoms with Crippen molar-refractivity contribution >= 4 is 27.3 Å². The predicted molar refractivity (Wildman–Crippen MR) is 89.3 cm³/mol. The van der Waals surface area contributed by atoms with Gasteiger partial charge in [-0.25, -0.2) is 9.59 Å².